The minimum absolute atomic E-state index is 0.0265. The molecule has 0 radical (unpaired) electrons. The molecule has 202 valence electrons. The highest BCUT2D eigenvalue weighted by molar-refractivity contribution is 7.89. The number of rotatable bonds is 9. The highest BCUT2D eigenvalue weighted by atomic mass is 35.5. The van der Waals surface area contributed by atoms with Crippen LogP contribution in [0.4, 0.5) is 14.5 Å². The summed E-state index contributed by atoms with van der Waals surface area (Å²) >= 11 is 7.26. The second kappa shape index (κ2) is 10.8. The van der Waals surface area contributed by atoms with Gasteiger partial charge < -0.3 is 9.47 Å². The summed E-state index contributed by atoms with van der Waals surface area (Å²) in [6.07, 6.45) is 4.38. The molecule has 0 aliphatic carbocycles. The minimum Gasteiger partial charge on any atom is -0.303 e. The Morgan fingerprint density at radius 1 is 1.29 bits per heavy atom. The second-order valence-electron chi connectivity index (χ2n) is 9.43. The van der Waals surface area contributed by atoms with Crippen LogP contribution in [0.3, 0.4) is 0 Å². The normalized spacial score (nSPS) is 19.3. The number of benzene rings is 1. The van der Waals surface area contributed by atoms with E-state index in [0.717, 1.165) is 4.88 Å². The maximum Gasteiger partial charge on any atom is 0.275 e. The molecule has 8 nitrogen and oxygen atoms in total. The SMILES string of the molecule is CC(CS(=O)(=O)NC1=CCN(c2ccc(-n3ccnc3CN3CCC(F)C3)cc2F)C1=O)c1ccc(Cl)s1. The van der Waals surface area contributed by atoms with Crippen molar-refractivity contribution in [3.8, 4) is 5.69 Å². The van der Waals surface area contributed by atoms with E-state index in [1.165, 1.54) is 34.4 Å². The number of nitrogens with one attached hydrogen (secondary N) is 1. The van der Waals surface area contributed by atoms with E-state index in [-0.39, 0.29) is 29.6 Å². The molecule has 5 rings (SSSR count). The van der Waals surface area contributed by atoms with Crippen molar-refractivity contribution in [1.29, 1.82) is 0 Å². The number of thiophene rings is 1. The number of likely N-dealkylation sites (tertiary alicyclic amines) is 1. The topological polar surface area (TPSA) is 87.5 Å². The third-order valence-electron chi connectivity index (χ3n) is 6.57. The van der Waals surface area contributed by atoms with Gasteiger partial charge in [0, 0.05) is 54.6 Å². The Hall–Kier alpha value is -2.80. The molecule has 2 atom stereocenters. The molecule has 2 unspecified atom stereocenters. The van der Waals surface area contributed by atoms with Crippen molar-refractivity contribution in [3.05, 3.63) is 75.4 Å². The highest BCUT2D eigenvalue weighted by Crippen LogP contribution is 2.30. The summed E-state index contributed by atoms with van der Waals surface area (Å²) in [6, 6.07) is 7.93. The van der Waals surface area contributed by atoms with E-state index in [1.54, 1.807) is 42.1 Å². The Bertz CT molecular complexity index is 1490. The van der Waals surface area contributed by atoms with Gasteiger partial charge >= 0.3 is 0 Å². The lowest BCUT2D eigenvalue weighted by Crippen LogP contribution is -2.35. The van der Waals surface area contributed by atoms with Crippen molar-refractivity contribution in [2.45, 2.75) is 32.0 Å². The number of sulfonamides is 1. The maximum absolute atomic E-state index is 15.2. The predicted octanol–water partition coefficient (Wildman–Crippen LogP) is 4.22. The minimum atomic E-state index is -3.84. The number of hydrogen-bond acceptors (Lipinski definition) is 6. The van der Waals surface area contributed by atoms with Gasteiger partial charge in [-0.2, -0.15) is 0 Å². The zero-order chi connectivity index (χ0) is 27.0. The number of amides is 1. The molecule has 0 bridgehead atoms. The van der Waals surface area contributed by atoms with Crippen LogP contribution in [0.25, 0.3) is 5.69 Å². The van der Waals surface area contributed by atoms with Crippen molar-refractivity contribution >= 4 is 44.6 Å². The summed E-state index contributed by atoms with van der Waals surface area (Å²) in [5.74, 6) is -1.17. The molecule has 0 saturated carbocycles. The Morgan fingerprint density at radius 2 is 2.11 bits per heavy atom. The first-order chi connectivity index (χ1) is 18.1. The number of anilines is 1. The second-order valence-corrected chi connectivity index (χ2v) is 12.9. The molecule has 2 aromatic heterocycles. The van der Waals surface area contributed by atoms with Crippen LogP contribution in [0.1, 0.15) is 30.0 Å². The van der Waals surface area contributed by atoms with E-state index in [1.807, 2.05) is 4.90 Å². The van der Waals surface area contributed by atoms with E-state index < -0.39 is 27.9 Å². The molecule has 2 aliphatic rings. The molecule has 4 heterocycles. The van der Waals surface area contributed by atoms with Gasteiger partial charge in [0.1, 0.15) is 23.5 Å². The zero-order valence-corrected chi connectivity index (χ0v) is 22.9. The molecule has 1 aromatic carbocycles. The first-order valence-electron chi connectivity index (χ1n) is 12.1. The van der Waals surface area contributed by atoms with Crippen LogP contribution in [0.2, 0.25) is 4.34 Å². The zero-order valence-electron chi connectivity index (χ0n) is 20.5. The van der Waals surface area contributed by atoms with Gasteiger partial charge in [0.25, 0.3) is 5.91 Å². The quantitative estimate of drug-likeness (QED) is 0.409. The number of carbonyl (C=O) groups excluding carboxylic acids is 1. The van der Waals surface area contributed by atoms with E-state index >= 15 is 4.39 Å². The number of nitrogens with zero attached hydrogens (tertiary/aromatic N) is 4. The fourth-order valence-electron chi connectivity index (χ4n) is 4.68. The number of aromatic nitrogens is 2. The molecule has 0 spiro atoms. The van der Waals surface area contributed by atoms with Crippen molar-refractivity contribution in [1.82, 2.24) is 19.2 Å². The highest BCUT2D eigenvalue weighted by Gasteiger charge is 2.31. The lowest BCUT2D eigenvalue weighted by molar-refractivity contribution is -0.114. The van der Waals surface area contributed by atoms with Crippen LogP contribution in [0.15, 0.2) is 54.5 Å². The molecule has 1 saturated heterocycles. The van der Waals surface area contributed by atoms with Gasteiger partial charge in [-0.3, -0.25) is 14.4 Å². The average molecular weight is 582 g/mol. The molecule has 1 amide bonds. The largest absolute Gasteiger partial charge is 0.303 e. The number of carbonyl (C=O) groups is 1. The van der Waals surface area contributed by atoms with Crippen LogP contribution in [-0.4, -0.2) is 60.3 Å². The van der Waals surface area contributed by atoms with Gasteiger partial charge in [-0.25, -0.2) is 22.2 Å². The molecular weight excluding hydrogens is 556 g/mol. The van der Waals surface area contributed by atoms with E-state index in [4.69, 9.17) is 11.6 Å². The smallest absolute Gasteiger partial charge is 0.275 e. The van der Waals surface area contributed by atoms with E-state index in [9.17, 15) is 17.6 Å². The molecule has 1 N–H and O–H groups in total. The summed E-state index contributed by atoms with van der Waals surface area (Å²) < 4.78 is 58.9. The van der Waals surface area contributed by atoms with Crippen molar-refractivity contribution in [2.24, 2.45) is 0 Å². The predicted molar refractivity (Wildman–Crippen MR) is 143 cm³/mol. The third kappa shape index (κ3) is 5.78. The summed E-state index contributed by atoms with van der Waals surface area (Å²) in [5, 5.41) is 0. The molecule has 1 fully saturated rings. The first kappa shape index (κ1) is 26.8. The first-order valence-corrected chi connectivity index (χ1v) is 14.9. The van der Waals surface area contributed by atoms with Gasteiger partial charge in [-0.15, -0.1) is 11.3 Å². The van der Waals surface area contributed by atoms with Crippen molar-refractivity contribution in [2.75, 3.05) is 30.3 Å². The summed E-state index contributed by atoms with van der Waals surface area (Å²) in [5.41, 5.74) is 0.434. The molecule has 13 heteroatoms. The maximum atomic E-state index is 15.2. The Kier molecular flexibility index (Phi) is 7.58. The fourth-order valence-corrected chi connectivity index (χ4v) is 7.33. The summed E-state index contributed by atoms with van der Waals surface area (Å²) in [7, 11) is -3.84. The molecule has 3 aromatic rings. The molecule has 38 heavy (non-hydrogen) atoms. The van der Waals surface area contributed by atoms with Gasteiger partial charge in [-0.05, 0) is 36.8 Å². The van der Waals surface area contributed by atoms with Gasteiger partial charge in [0.15, 0.2) is 0 Å². The number of halogens is 3. The van der Waals surface area contributed by atoms with Gasteiger partial charge in [0.2, 0.25) is 10.0 Å². The average Bonchev–Trinajstić information content (AvgIpc) is 3.64. The lowest BCUT2D eigenvalue weighted by atomic mass is 10.2. The number of alkyl halides is 1. The summed E-state index contributed by atoms with van der Waals surface area (Å²) in [4.78, 5) is 21.3. The molecular formula is C25H26ClF2N5O3S2. The van der Waals surface area contributed by atoms with Gasteiger partial charge in [0.05, 0.1) is 22.3 Å². The Balaban J connectivity index is 1.25. The monoisotopic (exact) mass is 581 g/mol. The third-order valence-corrected chi connectivity index (χ3v) is 9.50. The number of hydrogen-bond donors (Lipinski definition) is 1. The fraction of sp³-hybridized carbons (Fsp3) is 0.360. The molecule has 2 aliphatic heterocycles. The Labute approximate surface area is 228 Å². The lowest BCUT2D eigenvalue weighted by Gasteiger charge is -2.20. The van der Waals surface area contributed by atoms with Crippen LogP contribution in [0, 0.1) is 5.82 Å². The van der Waals surface area contributed by atoms with Crippen LogP contribution < -0.4 is 9.62 Å². The summed E-state index contributed by atoms with van der Waals surface area (Å²) in [6.45, 7) is 3.21. The van der Waals surface area contributed by atoms with Crippen LogP contribution >= 0.6 is 22.9 Å². The van der Waals surface area contributed by atoms with Crippen LogP contribution in [0.5, 0.6) is 0 Å². The number of imidazole rings is 1. The van der Waals surface area contributed by atoms with Crippen molar-refractivity contribution in [3.63, 3.8) is 0 Å². The van der Waals surface area contributed by atoms with Gasteiger partial charge in [-0.1, -0.05) is 18.5 Å². The Morgan fingerprint density at radius 3 is 2.79 bits per heavy atom. The van der Waals surface area contributed by atoms with E-state index in [2.05, 4.69) is 9.71 Å². The van der Waals surface area contributed by atoms with E-state index in [0.29, 0.717) is 41.9 Å². The van der Waals surface area contributed by atoms with Crippen LogP contribution in [-0.2, 0) is 21.4 Å². The standard InChI is InChI=1S/C25H26ClF2N5O3S2/c1-16(22-4-5-23(26)37-22)15-38(35,36)30-20-7-10-33(25(20)34)21-3-2-18(12-19(21)28)32-11-8-29-24(32)14-31-9-6-17(27)13-31/h2-5,7-8,11-12,16-17,30H,6,9-10,13-15H2,1H3. The van der Waals surface area contributed by atoms with Crippen molar-refractivity contribution < 1.29 is 22.0 Å².